The molecule has 0 saturated carbocycles. The van der Waals surface area contributed by atoms with Gasteiger partial charge in [-0.3, -0.25) is 4.79 Å². The van der Waals surface area contributed by atoms with Gasteiger partial charge in [-0.25, -0.2) is 8.42 Å². The highest BCUT2D eigenvalue weighted by Crippen LogP contribution is 2.15. The molecule has 0 saturated heterocycles. The van der Waals surface area contributed by atoms with Crippen LogP contribution in [0.15, 0.2) is 23.1 Å². The number of benzene rings is 1. The van der Waals surface area contributed by atoms with Crippen molar-refractivity contribution in [2.75, 3.05) is 0 Å². The minimum Gasteiger partial charge on any atom is -0.480 e. The summed E-state index contributed by atoms with van der Waals surface area (Å²) in [4.78, 5) is 10.9. The highest BCUT2D eigenvalue weighted by atomic mass is 32.2. The van der Waals surface area contributed by atoms with Crippen molar-refractivity contribution in [1.82, 2.24) is 4.72 Å². The Morgan fingerprint density at radius 2 is 1.94 bits per heavy atom. The second-order valence-corrected chi connectivity index (χ2v) is 5.88. The van der Waals surface area contributed by atoms with E-state index in [4.69, 9.17) is 5.11 Å². The number of carboxylic acid groups (broad SMARTS) is 1. The lowest BCUT2D eigenvalue weighted by atomic mass is 10.1. The van der Waals surface area contributed by atoms with E-state index in [2.05, 4.69) is 4.72 Å². The van der Waals surface area contributed by atoms with Gasteiger partial charge in [-0.2, -0.15) is 4.72 Å². The molecule has 100 valence electrons. The zero-order chi connectivity index (χ0) is 13.9. The number of carbonyl (C=O) groups is 1. The second kappa shape index (κ2) is 5.49. The van der Waals surface area contributed by atoms with Gasteiger partial charge >= 0.3 is 5.97 Å². The molecule has 1 rings (SSSR count). The highest BCUT2D eigenvalue weighted by Gasteiger charge is 2.23. The predicted octanol–water partition coefficient (Wildman–Crippen LogP) is 1.44. The summed E-state index contributed by atoms with van der Waals surface area (Å²) in [5.41, 5.74) is 1.83. The van der Waals surface area contributed by atoms with Crippen molar-refractivity contribution in [3.8, 4) is 0 Å². The van der Waals surface area contributed by atoms with Crippen LogP contribution in [0.2, 0.25) is 0 Å². The maximum absolute atomic E-state index is 12.0. The minimum absolute atomic E-state index is 0.0882. The van der Waals surface area contributed by atoms with Crippen LogP contribution in [0, 0.1) is 13.8 Å². The minimum atomic E-state index is -3.79. The lowest BCUT2D eigenvalue weighted by molar-refractivity contribution is -0.139. The molecule has 0 spiro atoms. The van der Waals surface area contributed by atoms with Gasteiger partial charge < -0.3 is 5.11 Å². The van der Waals surface area contributed by atoms with Crippen LogP contribution in [0.3, 0.4) is 0 Å². The van der Waals surface area contributed by atoms with Crippen LogP contribution in [0.25, 0.3) is 0 Å². The average molecular weight is 271 g/mol. The molecule has 2 N–H and O–H groups in total. The molecule has 0 fully saturated rings. The van der Waals surface area contributed by atoms with Crippen LogP contribution in [0.5, 0.6) is 0 Å². The number of nitrogens with one attached hydrogen (secondary N) is 1. The number of hydrogen-bond acceptors (Lipinski definition) is 3. The largest absolute Gasteiger partial charge is 0.480 e. The number of carboxylic acids is 1. The van der Waals surface area contributed by atoms with Crippen molar-refractivity contribution in [3.05, 3.63) is 29.3 Å². The van der Waals surface area contributed by atoms with E-state index in [0.717, 1.165) is 11.1 Å². The molecule has 1 aromatic carbocycles. The van der Waals surface area contributed by atoms with E-state index in [9.17, 15) is 13.2 Å². The Hall–Kier alpha value is -1.40. The lowest BCUT2D eigenvalue weighted by Crippen LogP contribution is -2.40. The molecule has 1 unspecified atom stereocenters. The molecule has 0 amide bonds. The maximum Gasteiger partial charge on any atom is 0.321 e. The fourth-order valence-corrected chi connectivity index (χ4v) is 2.80. The van der Waals surface area contributed by atoms with Crippen LogP contribution in [-0.4, -0.2) is 25.5 Å². The van der Waals surface area contributed by atoms with Gasteiger partial charge in [0.15, 0.2) is 0 Å². The zero-order valence-electron chi connectivity index (χ0n) is 10.6. The number of aryl methyl sites for hydroxylation is 2. The molecule has 0 aliphatic carbocycles. The van der Waals surface area contributed by atoms with E-state index in [0.29, 0.717) is 0 Å². The van der Waals surface area contributed by atoms with Crippen LogP contribution in [-0.2, 0) is 14.8 Å². The molecule has 0 bridgehead atoms. The van der Waals surface area contributed by atoms with Gasteiger partial charge in [0.2, 0.25) is 10.0 Å². The van der Waals surface area contributed by atoms with Gasteiger partial charge in [0.25, 0.3) is 0 Å². The molecule has 0 radical (unpaired) electrons. The molecule has 5 nitrogen and oxygen atoms in total. The third kappa shape index (κ3) is 3.30. The number of sulfonamides is 1. The van der Waals surface area contributed by atoms with Crippen LogP contribution in [0.4, 0.5) is 0 Å². The quantitative estimate of drug-likeness (QED) is 0.849. The third-order valence-electron chi connectivity index (χ3n) is 2.79. The summed E-state index contributed by atoms with van der Waals surface area (Å²) in [6.07, 6.45) is 0.194. The van der Waals surface area contributed by atoms with Crippen LogP contribution < -0.4 is 4.72 Å². The van der Waals surface area contributed by atoms with Crippen molar-refractivity contribution >= 4 is 16.0 Å². The summed E-state index contributed by atoms with van der Waals surface area (Å²) >= 11 is 0. The third-order valence-corrected chi connectivity index (χ3v) is 4.26. The first-order valence-electron chi connectivity index (χ1n) is 5.60. The Bertz CT molecular complexity index is 551. The van der Waals surface area contributed by atoms with Gasteiger partial charge in [0.1, 0.15) is 6.04 Å². The summed E-state index contributed by atoms with van der Waals surface area (Å²) in [6.45, 7) is 5.30. The van der Waals surface area contributed by atoms with Crippen LogP contribution >= 0.6 is 0 Å². The molecule has 1 atom stereocenters. The van der Waals surface area contributed by atoms with E-state index in [-0.39, 0.29) is 11.3 Å². The first-order valence-corrected chi connectivity index (χ1v) is 7.08. The van der Waals surface area contributed by atoms with E-state index in [1.807, 2.05) is 13.8 Å². The van der Waals surface area contributed by atoms with Gasteiger partial charge in [-0.15, -0.1) is 0 Å². The second-order valence-electron chi connectivity index (χ2n) is 4.17. The van der Waals surface area contributed by atoms with Crippen molar-refractivity contribution in [1.29, 1.82) is 0 Å². The molecule has 0 heterocycles. The molecular weight excluding hydrogens is 254 g/mol. The van der Waals surface area contributed by atoms with Crippen molar-refractivity contribution in [2.24, 2.45) is 0 Å². The van der Waals surface area contributed by atoms with Crippen molar-refractivity contribution in [3.63, 3.8) is 0 Å². The number of rotatable bonds is 5. The lowest BCUT2D eigenvalue weighted by Gasteiger charge is -2.13. The molecule has 0 aliphatic heterocycles. The molecule has 1 aromatic rings. The van der Waals surface area contributed by atoms with Crippen molar-refractivity contribution < 1.29 is 18.3 Å². The zero-order valence-corrected chi connectivity index (χ0v) is 11.4. The summed E-state index contributed by atoms with van der Waals surface area (Å²) in [7, 11) is -3.79. The Kier molecular flexibility index (Phi) is 4.48. The van der Waals surface area contributed by atoms with Crippen LogP contribution in [0.1, 0.15) is 24.5 Å². The van der Waals surface area contributed by atoms with Crippen molar-refractivity contribution in [2.45, 2.75) is 38.1 Å². The maximum atomic E-state index is 12.0. The molecule has 18 heavy (non-hydrogen) atoms. The SMILES string of the molecule is CCC(NS(=O)(=O)c1ccc(C)c(C)c1)C(=O)O. The molecular formula is C12H17NO4S. The topological polar surface area (TPSA) is 83.5 Å². The van der Waals surface area contributed by atoms with E-state index in [1.165, 1.54) is 12.1 Å². The van der Waals surface area contributed by atoms with Gasteiger partial charge in [0.05, 0.1) is 4.90 Å². The normalized spacial score (nSPS) is 13.3. The Morgan fingerprint density at radius 1 is 1.33 bits per heavy atom. The molecule has 0 aromatic heterocycles. The standard InChI is InChI=1S/C12H17NO4S/c1-4-11(12(14)15)13-18(16,17)10-6-5-8(2)9(3)7-10/h5-7,11,13H,4H2,1-3H3,(H,14,15). The highest BCUT2D eigenvalue weighted by molar-refractivity contribution is 7.89. The number of aliphatic carboxylic acids is 1. The number of hydrogen-bond donors (Lipinski definition) is 2. The fourth-order valence-electron chi connectivity index (χ4n) is 1.44. The van der Waals surface area contributed by atoms with Gasteiger partial charge in [-0.1, -0.05) is 13.0 Å². The first-order chi connectivity index (χ1) is 8.27. The van der Waals surface area contributed by atoms with Gasteiger partial charge in [0, 0.05) is 0 Å². The van der Waals surface area contributed by atoms with E-state index >= 15 is 0 Å². The predicted molar refractivity (Wildman–Crippen MR) is 68.0 cm³/mol. The smallest absolute Gasteiger partial charge is 0.321 e. The summed E-state index contributed by atoms with van der Waals surface area (Å²) in [5.74, 6) is -1.18. The molecule has 0 aliphatic rings. The van der Waals surface area contributed by atoms with E-state index < -0.39 is 22.0 Å². The summed E-state index contributed by atoms with van der Waals surface area (Å²) in [5, 5.41) is 8.86. The first kappa shape index (κ1) is 14.7. The summed E-state index contributed by atoms with van der Waals surface area (Å²) in [6, 6.07) is 3.61. The average Bonchev–Trinajstić information content (AvgIpc) is 2.29. The Morgan fingerprint density at radius 3 is 2.39 bits per heavy atom. The Labute approximate surface area is 107 Å². The van der Waals surface area contributed by atoms with E-state index in [1.54, 1.807) is 13.0 Å². The monoisotopic (exact) mass is 271 g/mol. The molecule has 6 heteroatoms. The Balaban J connectivity index is 3.06. The summed E-state index contributed by atoms with van der Waals surface area (Å²) < 4.78 is 26.2. The fraction of sp³-hybridized carbons (Fsp3) is 0.417. The van der Waals surface area contributed by atoms with Gasteiger partial charge in [-0.05, 0) is 43.5 Å².